The lowest BCUT2D eigenvalue weighted by atomic mass is 9.88. The molecule has 4 rings (SSSR count). The van der Waals surface area contributed by atoms with E-state index in [4.69, 9.17) is 0 Å². The minimum absolute atomic E-state index is 0.000966. The van der Waals surface area contributed by atoms with E-state index in [9.17, 15) is 14.7 Å². The average Bonchev–Trinajstić information content (AvgIpc) is 3.14. The van der Waals surface area contributed by atoms with Gasteiger partial charge < -0.3 is 15.2 Å². The molecule has 1 aliphatic heterocycles. The van der Waals surface area contributed by atoms with Crippen LogP contribution in [0.4, 0.5) is 17.5 Å². The minimum atomic E-state index is -1.27. The van der Waals surface area contributed by atoms with Crippen LogP contribution in [0.3, 0.4) is 0 Å². The Morgan fingerprint density at radius 3 is 2.48 bits per heavy atom. The van der Waals surface area contributed by atoms with Gasteiger partial charge in [0, 0.05) is 5.56 Å². The van der Waals surface area contributed by atoms with Crippen LogP contribution in [0.5, 0.6) is 0 Å². The maximum atomic E-state index is 13.5. The van der Waals surface area contributed by atoms with Gasteiger partial charge in [0.25, 0.3) is 0 Å². The molecule has 3 aromatic rings. The summed E-state index contributed by atoms with van der Waals surface area (Å²) >= 11 is 0. The summed E-state index contributed by atoms with van der Waals surface area (Å²) in [6, 6.07) is 11.4. The smallest absolute Gasteiger partial charge is 0.378 e. The fraction of sp³-hybridized carbons (Fsp3) is 0.318. The number of fused-ring (bicyclic) bond motifs is 3. The molecule has 0 saturated heterocycles. The molecule has 7 heteroatoms. The van der Waals surface area contributed by atoms with Gasteiger partial charge in [-0.3, -0.25) is 4.79 Å². The highest BCUT2D eigenvalue weighted by molar-refractivity contribution is 6.07. The zero-order valence-corrected chi connectivity index (χ0v) is 17.2. The summed E-state index contributed by atoms with van der Waals surface area (Å²) in [4.78, 5) is 27.4. The largest absolute Gasteiger partial charge is 0.545 e. The van der Waals surface area contributed by atoms with Crippen LogP contribution >= 0.6 is 0 Å². The molecule has 0 aliphatic carbocycles. The van der Waals surface area contributed by atoms with Crippen LogP contribution in [0.25, 0.3) is 5.52 Å². The van der Waals surface area contributed by atoms with E-state index in [1.165, 1.54) is 0 Å². The van der Waals surface area contributed by atoms with Gasteiger partial charge in [-0.1, -0.05) is 32.0 Å². The van der Waals surface area contributed by atoms with E-state index in [1.807, 2.05) is 63.1 Å². The molecular weight excluding hydrogens is 368 g/mol. The summed E-state index contributed by atoms with van der Waals surface area (Å²) in [7, 11) is 1.86. The molecule has 0 saturated carbocycles. The van der Waals surface area contributed by atoms with Crippen molar-refractivity contribution < 1.29 is 19.1 Å². The SMILES string of the molecule is Cc1cc[n+]2c(N(C)c3ccccc3)n3c(c2c1C(=O)[O-])NC(C)(C(C)C)C3=O. The number of hydrogen-bond donors (Lipinski definition) is 1. The van der Waals surface area contributed by atoms with Crippen LogP contribution in [0.15, 0.2) is 42.6 Å². The van der Waals surface area contributed by atoms with Gasteiger partial charge in [-0.15, -0.1) is 4.57 Å². The molecule has 1 aromatic carbocycles. The molecule has 1 N–H and O–H groups in total. The van der Waals surface area contributed by atoms with Gasteiger partial charge in [0.05, 0.1) is 19.2 Å². The number of carboxylic acids is 1. The lowest BCUT2D eigenvalue weighted by Gasteiger charge is -2.26. The van der Waals surface area contributed by atoms with Gasteiger partial charge in [0.15, 0.2) is 5.52 Å². The number of nitrogens with zero attached hydrogens (tertiary/aromatic N) is 3. The lowest BCUT2D eigenvalue weighted by molar-refractivity contribution is -0.497. The normalized spacial score (nSPS) is 18.2. The molecule has 2 aromatic heterocycles. The first-order valence-electron chi connectivity index (χ1n) is 9.61. The predicted molar refractivity (Wildman–Crippen MR) is 109 cm³/mol. The van der Waals surface area contributed by atoms with Crippen LogP contribution in [0, 0.1) is 12.8 Å². The Balaban J connectivity index is 2.10. The molecule has 1 atom stereocenters. The summed E-state index contributed by atoms with van der Waals surface area (Å²) in [5, 5.41) is 15.3. The van der Waals surface area contributed by atoms with E-state index in [0.29, 0.717) is 22.8 Å². The van der Waals surface area contributed by atoms with Gasteiger partial charge >= 0.3 is 11.9 Å². The van der Waals surface area contributed by atoms with Crippen molar-refractivity contribution in [1.82, 2.24) is 4.57 Å². The first-order chi connectivity index (χ1) is 13.7. The number of aryl methyl sites for hydroxylation is 1. The Hall–Kier alpha value is -3.35. The number of imidazole rings is 1. The number of anilines is 3. The van der Waals surface area contributed by atoms with Gasteiger partial charge in [0.1, 0.15) is 11.2 Å². The van der Waals surface area contributed by atoms with Crippen molar-refractivity contribution in [3.05, 3.63) is 53.7 Å². The Kier molecular flexibility index (Phi) is 4.15. The zero-order chi connectivity index (χ0) is 21.1. The third kappa shape index (κ3) is 2.53. The van der Waals surface area contributed by atoms with Crippen molar-refractivity contribution >= 4 is 34.8 Å². The van der Waals surface area contributed by atoms with Crippen molar-refractivity contribution in [1.29, 1.82) is 0 Å². The van der Waals surface area contributed by atoms with E-state index >= 15 is 0 Å². The van der Waals surface area contributed by atoms with Crippen LogP contribution in [-0.2, 0) is 0 Å². The fourth-order valence-electron chi connectivity index (χ4n) is 3.93. The summed E-state index contributed by atoms with van der Waals surface area (Å²) in [6.07, 6.45) is 1.79. The Morgan fingerprint density at radius 2 is 1.90 bits per heavy atom. The summed E-state index contributed by atoms with van der Waals surface area (Å²) in [5.74, 6) is -0.347. The Bertz CT molecular complexity index is 1150. The molecule has 0 radical (unpaired) electrons. The lowest BCUT2D eigenvalue weighted by Crippen LogP contribution is -2.46. The molecule has 7 nitrogen and oxygen atoms in total. The molecule has 3 heterocycles. The third-order valence-electron chi connectivity index (χ3n) is 6.04. The maximum Gasteiger partial charge on any atom is 0.378 e. The number of benzene rings is 1. The third-order valence-corrected chi connectivity index (χ3v) is 6.04. The first kappa shape index (κ1) is 19.0. The number of carbonyl (C=O) groups is 2. The highest BCUT2D eigenvalue weighted by Gasteiger charge is 2.52. The van der Waals surface area contributed by atoms with Crippen LogP contribution in [-0.4, -0.2) is 29.0 Å². The van der Waals surface area contributed by atoms with E-state index in [-0.39, 0.29) is 17.4 Å². The maximum absolute atomic E-state index is 13.5. The van der Waals surface area contributed by atoms with E-state index in [1.54, 1.807) is 28.2 Å². The van der Waals surface area contributed by atoms with Gasteiger partial charge in [-0.2, -0.15) is 4.40 Å². The molecule has 150 valence electrons. The van der Waals surface area contributed by atoms with Crippen molar-refractivity contribution in [3.8, 4) is 0 Å². The number of hydrogen-bond acceptors (Lipinski definition) is 5. The highest BCUT2D eigenvalue weighted by atomic mass is 16.4. The van der Waals surface area contributed by atoms with Crippen LogP contribution in [0.1, 0.15) is 41.5 Å². The van der Waals surface area contributed by atoms with Crippen molar-refractivity contribution in [2.24, 2.45) is 5.92 Å². The van der Waals surface area contributed by atoms with Gasteiger partial charge in [-0.05, 0) is 43.5 Å². The number of para-hydroxylation sites is 1. The summed E-state index contributed by atoms with van der Waals surface area (Å²) < 4.78 is 3.33. The molecule has 0 spiro atoms. The second-order valence-electron chi connectivity index (χ2n) is 8.05. The van der Waals surface area contributed by atoms with E-state index in [2.05, 4.69) is 5.32 Å². The summed E-state index contributed by atoms with van der Waals surface area (Å²) in [6.45, 7) is 7.52. The zero-order valence-electron chi connectivity index (χ0n) is 17.2. The second kappa shape index (κ2) is 6.34. The van der Waals surface area contributed by atoms with Crippen LogP contribution in [0.2, 0.25) is 0 Å². The average molecular weight is 392 g/mol. The number of pyridine rings is 1. The molecule has 0 amide bonds. The minimum Gasteiger partial charge on any atom is -0.545 e. The Labute approximate surface area is 169 Å². The van der Waals surface area contributed by atoms with E-state index < -0.39 is 11.5 Å². The predicted octanol–water partition coefficient (Wildman–Crippen LogP) is 2.15. The standard InChI is InChI=1S/C22H24N4O3/c1-13(2)22(4)20(29)26-18(23-22)17-16(19(27)28)14(3)11-12-25(17)21(26)24(5)15-9-7-6-8-10-15/h6-13,23H,1-5H3. The van der Waals surface area contributed by atoms with E-state index in [0.717, 1.165) is 5.69 Å². The Morgan fingerprint density at radius 1 is 1.24 bits per heavy atom. The van der Waals surface area contributed by atoms with Gasteiger partial charge in [-0.25, -0.2) is 4.90 Å². The molecular formula is C22H24N4O3. The number of rotatable bonds is 4. The molecule has 0 fully saturated rings. The number of carboxylic acid groups (broad SMARTS) is 1. The number of nitrogens with one attached hydrogen (secondary N) is 1. The molecule has 1 unspecified atom stereocenters. The van der Waals surface area contributed by atoms with Crippen molar-refractivity contribution in [3.63, 3.8) is 0 Å². The number of aromatic nitrogens is 2. The quantitative estimate of drug-likeness (QED) is 0.688. The monoisotopic (exact) mass is 392 g/mol. The molecule has 1 aliphatic rings. The number of carbonyl (C=O) groups excluding carboxylic acids is 2. The molecule has 29 heavy (non-hydrogen) atoms. The molecule has 0 bridgehead atoms. The fourth-order valence-corrected chi connectivity index (χ4v) is 3.93. The van der Waals surface area contributed by atoms with Crippen molar-refractivity contribution in [2.75, 3.05) is 17.3 Å². The van der Waals surface area contributed by atoms with Gasteiger partial charge in [0.2, 0.25) is 5.82 Å². The summed E-state index contributed by atoms with van der Waals surface area (Å²) in [5.41, 5.74) is 1.13. The highest BCUT2D eigenvalue weighted by Crippen LogP contribution is 2.40. The second-order valence-corrected chi connectivity index (χ2v) is 8.05. The first-order valence-corrected chi connectivity index (χ1v) is 9.61. The van der Waals surface area contributed by atoms with Crippen LogP contribution < -0.4 is 19.7 Å². The van der Waals surface area contributed by atoms with Crippen molar-refractivity contribution in [2.45, 2.75) is 33.2 Å². The topological polar surface area (TPSA) is 81.5 Å². The number of aromatic carboxylic acids is 1.